The van der Waals surface area contributed by atoms with Crippen molar-refractivity contribution in [3.8, 4) is 0 Å². The minimum atomic E-state index is -0.949. The van der Waals surface area contributed by atoms with E-state index in [1.807, 2.05) is 0 Å². The molecule has 0 saturated carbocycles. The largest absolute Gasteiger partial charge is 0.481 e. The van der Waals surface area contributed by atoms with E-state index >= 15 is 0 Å². The zero-order valence-electron chi connectivity index (χ0n) is 12.4. The van der Waals surface area contributed by atoms with Gasteiger partial charge in [0.25, 0.3) is 0 Å². The van der Waals surface area contributed by atoms with E-state index in [4.69, 9.17) is 10.8 Å². The summed E-state index contributed by atoms with van der Waals surface area (Å²) in [5.41, 5.74) is 5.40. The van der Waals surface area contributed by atoms with Crippen LogP contribution in [0.5, 0.6) is 0 Å². The van der Waals surface area contributed by atoms with Gasteiger partial charge in [-0.25, -0.2) is 0 Å². The van der Waals surface area contributed by atoms with E-state index in [0.29, 0.717) is 0 Å². The molecule has 0 aliphatic carbocycles. The summed E-state index contributed by atoms with van der Waals surface area (Å²) in [4.78, 5) is 33.8. The Kier molecular flexibility index (Phi) is 10.1. The van der Waals surface area contributed by atoms with Crippen LogP contribution < -0.4 is 27.0 Å². The molecule has 0 spiro atoms. The average molecular weight is 303 g/mol. The number of hydrogen-bond acceptors (Lipinski definition) is 6. The second kappa shape index (κ2) is 11.0. The fourth-order valence-corrected chi connectivity index (χ4v) is 1.65. The monoisotopic (exact) mass is 303 g/mol. The highest BCUT2D eigenvalue weighted by Crippen LogP contribution is 1.96. The first kappa shape index (κ1) is 19.3. The van der Waals surface area contributed by atoms with Gasteiger partial charge in [-0.1, -0.05) is 0 Å². The van der Waals surface area contributed by atoms with Crippen LogP contribution in [-0.2, 0) is 14.4 Å². The van der Waals surface area contributed by atoms with Crippen molar-refractivity contribution in [1.29, 1.82) is 0 Å². The van der Waals surface area contributed by atoms with E-state index in [0.717, 1.165) is 0 Å². The van der Waals surface area contributed by atoms with Gasteiger partial charge < -0.3 is 32.1 Å². The maximum atomic E-state index is 11.8. The van der Waals surface area contributed by atoms with Crippen LogP contribution in [0.1, 0.15) is 12.8 Å². The summed E-state index contributed by atoms with van der Waals surface area (Å²) in [5.74, 6) is -1.47. The predicted octanol–water partition coefficient (Wildman–Crippen LogP) is -2.78. The van der Waals surface area contributed by atoms with Crippen LogP contribution >= 0.6 is 0 Å². The number of likely N-dealkylation sites (N-methyl/N-ethyl adjacent to an activating group) is 2. The first-order chi connectivity index (χ1) is 9.96. The second-order valence-electron chi connectivity index (χ2n) is 4.43. The molecule has 7 N–H and O–H groups in total. The molecule has 21 heavy (non-hydrogen) atoms. The summed E-state index contributed by atoms with van der Waals surface area (Å²) in [6.45, 7) is 0.723. The lowest BCUT2D eigenvalue weighted by molar-refractivity contribution is -0.137. The van der Waals surface area contributed by atoms with Crippen molar-refractivity contribution in [2.24, 2.45) is 5.73 Å². The topological polar surface area (TPSA) is 146 Å². The molecule has 2 atom stereocenters. The minimum Gasteiger partial charge on any atom is -0.481 e. The summed E-state index contributed by atoms with van der Waals surface area (Å²) in [6, 6.07) is -1.02. The third kappa shape index (κ3) is 8.23. The van der Waals surface area contributed by atoms with Gasteiger partial charge in [-0.05, 0) is 20.5 Å². The highest BCUT2D eigenvalue weighted by molar-refractivity contribution is 5.83. The number of carbonyl (C=O) groups is 3. The van der Waals surface area contributed by atoms with Crippen molar-refractivity contribution >= 4 is 17.8 Å². The Balaban J connectivity index is 3.96. The Morgan fingerprint density at radius 2 is 1.48 bits per heavy atom. The van der Waals surface area contributed by atoms with Gasteiger partial charge in [0.05, 0.1) is 12.1 Å². The van der Waals surface area contributed by atoms with Crippen molar-refractivity contribution in [2.45, 2.75) is 24.9 Å². The van der Waals surface area contributed by atoms with E-state index in [-0.39, 0.29) is 44.3 Å². The highest BCUT2D eigenvalue weighted by atomic mass is 16.4. The minimum absolute atomic E-state index is 0.0873. The molecule has 0 heterocycles. The second-order valence-corrected chi connectivity index (χ2v) is 4.43. The van der Waals surface area contributed by atoms with Crippen molar-refractivity contribution in [2.75, 3.05) is 33.7 Å². The van der Waals surface area contributed by atoms with E-state index < -0.39 is 18.1 Å². The van der Waals surface area contributed by atoms with Crippen LogP contribution in [0.15, 0.2) is 0 Å². The van der Waals surface area contributed by atoms with Crippen LogP contribution in [-0.4, -0.2) is 68.7 Å². The maximum Gasteiger partial charge on any atom is 0.303 e. The third-order valence-corrected chi connectivity index (χ3v) is 2.94. The van der Waals surface area contributed by atoms with E-state index in [2.05, 4.69) is 21.3 Å². The molecule has 0 radical (unpaired) electrons. The Bertz CT molecular complexity index is 347. The van der Waals surface area contributed by atoms with Gasteiger partial charge in [0.2, 0.25) is 11.8 Å². The van der Waals surface area contributed by atoms with Crippen molar-refractivity contribution < 1.29 is 19.5 Å². The molecule has 0 aliphatic rings. The SMILES string of the molecule is CN[C@@H](CN)C(=O)NCCNC(=O)[C@H](CCC(=O)O)NC. The zero-order valence-corrected chi connectivity index (χ0v) is 12.4. The summed E-state index contributed by atoms with van der Waals surface area (Å²) in [6.07, 6.45) is 0.120. The highest BCUT2D eigenvalue weighted by Gasteiger charge is 2.17. The van der Waals surface area contributed by atoms with Crippen molar-refractivity contribution in [3.63, 3.8) is 0 Å². The van der Waals surface area contributed by atoms with Crippen LogP contribution in [0.2, 0.25) is 0 Å². The fraction of sp³-hybridized carbons (Fsp3) is 0.750. The predicted molar refractivity (Wildman–Crippen MR) is 77.6 cm³/mol. The molecule has 0 aliphatic heterocycles. The molecule has 0 aromatic rings. The number of hydrogen-bond donors (Lipinski definition) is 6. The third-order valence-electron chi connectivity index (χ3n) is 2.94. The number of carboxylic acid groups (broad SMARTS) is 1. The van der Waals surface area contributed by atoms with E-state index in [1.165, 1.54) is 0 Å². The lowest BCUT2D eigenvalue weighted by atomic mass is 10.1. The average Bonchev–Trinajstić information content (AvgIpc) is 2.45. The molecule has 0 aromatic heterocycles. The number of amides is 2. The van der Waals surface area contributed by atoms with Crippen LogP contribution in [0.25, 0.3) is 0 Å². The summed E-state index contributed by atoms with van der Waals surface area (Å²) in [5, 5.41) is 19.4. The van der Waals surface area contributed by atoms with Gasteiger partial charge in [-0.3, -0.25) is 14.4 Å². The standard InChI is InChI=1S/C12H25N5O4/c1-14-8(3-4-10(18)19)11(20)16-5-6-17-12(21)9(7-13)15-2/h8-9,14-15H,3-7,13H2,1-2H3,(H,16,20)(H,17,21)(H,18,19)/t8-,9-/m0/s1. The number of nitrogens with one attached hydrogen (secondary N) is 4. The van der Waals surface area contributed by atoms with Gasteiger partial charge in [0, 0.05) is 26.1 Å². The zero-order chi connectivity index (χ0) is 16.3. The molecule has 2 amide bonds. The molecular weight excluding hydrogens is 278 g/mol. The van der Waals surface area contributed by atoms with Crippen LogP contribution in [0.4, 0.5) is 0 Å². The first-order valence-electron chi connectivity index (χ1n) is 6.78. The maximum absolute atomic E-state index is 11.8. The van der Waals surface area contributed by atoms with Gasteiger partial charge in [-0.15, -0.1) is 0 Å². The first-order valence-corrected chi connectivity index (χ1v) is 6.78. The lowest BCUT2D eigenvalue weighted by Gasteiger charge is -2.16. The molecule has 0 unspecified atom stereocenters. The normalized spacial score (nSPS) is 13.3. The Labute approximate surface area is 124 Å². The van der Waals surface area contributed by atoms with Gasteiger partial charge in [0.15, 0.2) is 0 Å². The Hall–Kier alpha value is -1.71. The van der Waals surface area contributed by atoms with Gasteiger partial charge in [0.1, 0.15) is 0 Å². The van der Waals surface area contributed by atoms with Crippen molar-refractivity contribution in [3.05, 3.63) is 0 Å². The van der Waals surface area contributed by atoms with Gasteiger partial charge in [-0.2, -0.15) is 0 Å². The Morgan fingerprint density at radius 1 is 1.00 bits per heavy atom. The summed E-state index contributed by atoms with van der Waals surface area (Å²) in [7, 11) is 3.23. The molecule has 9 heteroatoms. The number of nitrogens with two attached hydrogens (primary N) is 1. The van der Waals surface area contributed by atoms with E-state index in [9.17, 15) is 14.4 Å². The number of carboxylic acids is 1. The van der Waals surface area contributed by atoms with Crippen molar-refractivity contribution in [1.82, 2.24) is 21.3 Å². The molecule has 0 aromatic carbocycles. The lowest BCUT2D eigenvalue weighted by Crippen LogP contribution is -2.49. The smallest absolute Gasteiger partial charge is 0.303 e. The molecule has 0 rings (SSSR count). The molecule has 0 bridgehead atoms. The molecular formula is C12H25N5O4. The molecule has 122 valence electrons. The van der Waals surface area contributed by atoms with E-state index in [1.54, 1.807) is 14.1 Å². The molecule has 0 saturated heterocycles. The number of aliphatic carboxylic acids is 1. The molecule has 0 fully saturated rings. The van der Waals surface area contributed by atoms with Crippen LogP contribution in [0, 0.1) is 0 Å². The summed E-state index contributed by atoms with van der Waals surface area (Å²) < 4.78 is 0. The van der Waals surface area contributed by atoms with Crippen LogP contribution in [0.3, 0.4) is 0 Å². The summed E-state index contributed by atoms with van der Waals surface area (Å²) >= 11 is 0. The number of carbonyl (C=O) groups excluding carboxylic acids is 2. The number of rotatable bonds is 11. The Morgan fingerprint density at radius 3 is 1.86 bits per heavy atom. The molecule has 9 nitrogen and oxygen atoms in total. The fourth-order valence-electron chi connectivity index (χ4n) is 1.65. The van der Waals surface area contributed by atoms with Gasteiger partial charge >= 0.3 is 5.97 Å². The quantitative estimate of drug-likeness (QED) is 0.226.